The first kappa shape index (κ1) is 27.9. The van der Waals surface area contributed by atoms with E-state index in [0.717, 1.165) is 33.4 Å². The topological polar surface area (TPSA) is 76.7 Å². The number of aryl methyl sites for hydroxylation is 2. The van der Waals surface area contributed by atoms with Crippen molar-refractivity contribution in [3.8, 4) is 22.6 Å². The summed E-state index contributed by atoms with van der Waals surface area (Å²) in [5.41, 5.74) is 7.05. The molecular formula is C34H32N2O4. The number of anilines is 2. The third-order valence-electron chi connectivity index (χ3n) is 6.26. The zero-order valence-electron chi connectivity index (χ0n) is 23.0. The molecule has 0 aliphatic rings. The van der Waals surface area contributed by atoms with Gasteiger partial charge in [-0.05, 0) is 72.5 Å². The molecule has 6 heteroatoms. The van der Waals surface area contributed by atoms with Crippen LogP contribution in [-0.2, 0) is 9.59 Å². The van der Waals surface area contributed by atoms with Crippen LogP contribution >= 0.6 is 0 Å². The number of hydrogen-bond donors (Lipinski definition) is 2. The Morgan fingerprint density at radius 1 is 0.575 bits per heavy atom. The van der Waals surface area contributed by atoms with Gasteiger partial charge >= 0.3 is 0 Å². The highest BCUT2D eigenvalue weighted by Gasteiger charge is 2.12. The lowest BCUT2D eigenvalue weighted by atomic mass is 10.0. The van der Waals surface area contributed by atoms with Crippen LogP contribution in [0.1, 0.15) is 22.3 Å². The van der Waals surface area contributed by atoms with Gasteiger partial charge in [-0.1, -0.05) is 71.8 Å². The highest BCUT2D eigenvalue weighted by molar-refractivity contribution is 6.04. The zero-order valence-corrected chi connectivity index (χ0v) is 23.0. The summed E-state index contributed by atoms with van der Waals surface area (Å²) in [4.78, 5) is 25.0. The van der Waals surface area contributed by atoms with E-state index in [-0.39, 0.29) is 11.8 Å². The number of benzene rings is 4. The number of carbonyl (C=O) groups excluding carboxylic acids is 2. The molecule has 202 valence electrons. The lowest BCUT2D eigenvalue weighted by Gasteiger charge is -2.14. The summed E-state index contributed by atoms with van der Waals surface area (Å²) in [5, 5.41) is 5.74. The fourth-order valence-corrected chi connectivity index (χ4v) is 4.00. The number of carbonyl (C=O) groups is 2. The van der Waals surface area contributed by atoms with Crippen molar-refractivity contribution in [2.75, 3.05) is 24.9 Å². The minimum Gasteiger partial charge on any atom is -0.495 e. The molecule has 0 unspecified atom stereocenters. The van der Waals surface area contributed by atoms with E-state index in [2.05, 4.69) is 10.6 Å². The summed E-state index contributed by atoms with van der Waals surface area (Å²) < 4.78 is 11.1. The van der Waals surface area contributed by atoms with E-state index < -0.39 is 0 Å². The Bertz CT molecular complexity index is 1430. The molecule has 0 bridgehead atoms. The van der Waals surface area contributed by atoms with Gasteiger partial charge in [-0.2, -0.15) is 0 Å². The average Bonchev–Trinajstić information content (AvgIpc) is 2.97. The van der Waals surface area contributed by atoms with E-state index in [4.69, 9.17) is 9.47 Å². The summed E-state index contributed by atoms with van der Waals surface area (Å²) in [7, 11) is 3.11. The van der Waals surface area contributed by atoms with Gasteiger partial charge in [0, 0.05) is 12.2 Å². The summed E-state index contributed by atoms with van der Waals surface area (Å²) >= 11 is 0. The second-order valence-corrected chi connectivity index (χ2v) is 9.30. The summed E-state index contributed by atoms with van der Waals surface area (Å²) in [6.45, 7) is 4.04. The standard InChI is InChI=1S/C34H32N2O4/c1-23-5-9-25(10-6-23)13-19-33(37)35-29-17-15-27(21-31(29)39-3)28-16-18-30(32(22-28)40-4)36-34(38)20-14-26-11-7-24(2)8-12-26/h5-22H,1-4H3,(H,35,37)(H,36,38)/b19-13+,20-14+. The first-order valence-corrected chi connectivity index (χ1v) is 12.8. The van der Waals surface area contributed by atoms with Gasteiger partial charge in [-0.3, -0.25) is 9.59 Å². The lowest BCUT2D eigenvalue weighted by Crippen LogP contribution is -2.09. The molecular weight excluding hydrogens is 500 g/mol. The molecule has 4 rings (SSSR count). The van der Waals surface area contributed by atoms with Gasteiger partial charge in [0.1, 0.15) is 11.5 Å². The number of nitrogens with one attached hydrogen (secondary N) is 2. The summed E-state index contributed by atoms with van der Waals surface area (Å²) in [5.74, 6) is 0.522. The van der Waals surface area contributed by atoms with E-state index in [9.17, 15) is 9.59 Å². The maximum absolute atomic E-state index is 12.5. The Kier molecular flexibility index (Phi) is 9.15. The molecule has 0 radical (unpaired) electrons. The molecule has 0 aromatic heterocycles. The van der Waals surface area contributed by atoms with Crippen molar-refractivity contribution in [1.82, 2.24) is 0 Å². The van der Waals surface area contributed by atoms with Crippen molar-refractivity contribution >= 4 is 35.3 Å². The molecule has 0 fully saturated rings. The highest BCUT2D eigenvalue weighted by atomic mass is 16.5. The minimum absolute atomic E-state index is 0.259. The molecule has 0 spiro atoms. The van der Waals surface area contributed by atoms with Crippen molar-refractivity contribution in [3.05, 3.63) is 119 Å². The van der Waals surface area contributed by atoms with Crippen molar-refractivity contribution in [3.63, 3.8) is 0 Å². The fraction of sp³-hybridized carbons (Fsp3) is 0.118. The number of ether oxygens (including phenoxy) is 2. The molecule has 6 nitrogen and oxygen atoms in total. The molecule has 40 heavy (non-hydrogen) atoms. The quantitative estimate of drug-likeness (QED) is 0.222. The van der Waals surface area contributed by atoms with Crippen molar-refractivity contribution in [2.24, 2.45) is 0 Å². The first-order valence-electron chi connectivity index (χ1n) is 12.8. The predicted octanol–water partition coefficient (Wildman–Crippen LogP) is 7.29. The number of amides is 2. The molecule has 0 heterocycles. The van der Waals surface area contributed by atoms with Crippen molar-refractivity contribution in [1.29, 1.82) is 0 Å². The highest BCUT2D eigenvalue weighted by Crippen LogP contribution is 2.35. The third kappa shape index (κ3) is 7.48. The van der Waals surface area contributed by atoms with Crippen LogP contribution in [0.25, 0.3) is 23.3 Å². The Morgan fingerprint density at radius 2 is 0.950 bits per heavy atom. The number of hydrogen-bond acceptors (Lipinski definition) is 4. The van der Waals surface area contributed by atoms with Crippen LogP contribution in [0, 0.1) is 13.8 Å². The van der Waals surface area contributed by atoms with E-state index in [1.807, 2.05) is 86.6 Å². The maximum atomic E-state index is 12.5. The third-order valence-corrected chi connectivity index (χ3v) is 6.26. The smallest absolute Gasteiger partial charge is 0.248 e. The van der Waals surface area contributed by atoms with Gasteiger partial charge in [0.25, 0.3) is 0 Å². The largest absolute Gasteiger partial charge is 0.495 e. The van der Waals surface area contributed by atoms with E-state index in [1.54, 1.807) is 38.5 Å². The van der Waals surface area contributed by atoms with Crippen LogP contribution in [0.3, 0.4) is 0 Å². The summed E-state index contributed by atoms with van der Waals surface area (Å²) in [6, 6.07) is 26.9. The average molecular weight is 533 g/mol. The van der Waals surface area contributed by atoms with Crippen molar-refractivity contribution in [2.45, 2.75) is 13.8 Å². The SMILES string of the molecule is COc1cc(-c2ccc(NC(=O)/C=C/c3ccc(C)cc3)c(OC)c2)ccc1NC(=O)/C=C/c1ccc(C)cc1. The van der Waals surface area contributed by atoms with Crippen LogP contribution in [-0.4, -0.2) is 26.0 Å². The minimum atomic E-state index is -0.259. The first-order chi connectivity index (χ1) is 19.3. The van der Waals surface area contributed by atoms with Gasteiger partial charge < -0.3 is 20.1 Å². The van der Waals surface area contributed by atoms with Crippen molar-refractivity contribution < 1.29 is 19.1 Å². The van der Waals surface area contributed by atoms with Gasteiger partial charge in [0.05, 0.1) is 25.6 Å². The molecule has 0 saturated carbocycles. The van der Waals surface area contributed by atoms with Gasteiger partial charge in [0.2, 0.25) is 11.8 Å². The second-order valence-electron chi connectivity index (χ2n) is 9.30. The Hall–Kier alpha value is -5.10. The van der Waals surface area contributed by atoms with Crippen LogP contribution < -0.4 is 20.1 Å². The Balaban J connectivity index is 1.45. The van der Waals surface area contributed by atoms with Gasteiger partial charge in [-0.15, -0.1) is 0 Å². The van der Waals surface area contributed by atoms with Crippen LogP contribution in [0.15, 0.2) is 97.1 Å². The van der Waals surface area contributed by atoms with Crippen LogP contribution in [0.5, 0.6) is 11.5 Å². The predicted molar refractivity (Wildman–Crippen MR) is 163 cm³/mol. The molecule has 0 atom stereocenters. The molecule has 4 aromatic carbocycles. The van der Waals surface area contributed by atoms with Gasteiger partial charge in [0.15, 0.2) is 0 Å². The zero-order chi connectivity index (χ0) is 28.5. The molecule has 4 aromatic rings. The normalized spacial score (nSPS) is 11.0. The van der Waals surface area contributed by atoms with Crippen LogP contribution in [0.2, 0.25) is 0 Å². The van der Waals surface area contributed by atoms with E-state index >= 15 is 0 Å². The van der Waals surface area contributed by atoms with E-state index in [1.165, 1.54) is 12.2 Å². The maximum Gasteiger partial charge on any atom is 0.248 e. The number of methoxy groups -OCH3 is 2. The summed E-state index contributed by atoms with van der Waals surface area (Å²) in [6.07, 6.45) is 6.51. The molecule has 0 aliphatic heterocycles. The molecule has 2 N–H and O–H groups in total. The van der Waals surface area contributed by atoms with Gasteiger partial charge in [-0.25, -0.2) is 0 Å². The monoisotopic (exact) mass is 532 g/mol. The van der Waals surface area contributed by atoms with Crippen LogP contribution in [0.4, 0.5) is 11.4 Å². The molecule has 2 amide bonds. The fourth-order valence-electron chi connectivity index (χ4n) is 4.00. The van der Waals surface area contributed by atoms with E-state index in [0.29, 0.717) is 22.9 Å². The Morgan fingerprint density at radius 3 is 1.30 bits per heavy atom. The Labute approximate surface area is 235 Å². The number of rotatable bonds is 9. The second kappa shape index (κ2) is 13.1. The lowest BCUT2D eigenvalue weighted by molar-refractivity contribution is -0.112. The molecule has 0 saturated heterocycles. The molecule has 0 aliphatic carbocycles.